The fourth-order valence-corrected chi connectivity index (χ4v) is 4.77. The summed E-state index contributed by atoms with van der Waals surface area (Å²) in [5.74, 6) is -1.60. The Bertz CT molecular complexity index is 864. The van der Waals surface area contributed by atoms with Gasteiger partial charge >= 0.3 is 5.97 Å². The van der Waals surface area contributed by atoms with Crippen LogP contribution in [0.1, 0.15) is 18.4 Å². The number of hydrogen-bond donors (Lipinski definition) is 1. The first-order chi connectivity index (χ1) is 10.9. The summed E-state index contributed by atoms with van der Waals surface area (Å²) >= 11 is 0. The third-order valence-electron chi connectivity index (χ3n) is 4.17. The summed E-state index contributed by atoms with van der Waals surface area (Å²) in [4.78, 5) is 15.6. The second-order valence-electron chi connectivity index (χ2n) is 5.88. The number of carbonyl (C=O) groups is 1. The number of rotatable bonds is 3. The number of hydrogen-bond acceptors (Lipinski definition) is 4. The Kier molecular flexibility index (Phi) is 4.08. The van der Waals surface area contributed by atoms with Gasteiger partial charge in [0.25, 0.3) is 0 Å². The Morgan fingerprint density at radius 1 is 1.39 bits per heavy atom. The summed E-state index contributed by atoms with van der Waals surface area (Å²) in [6, 6.07) is 7.08. The van der Waals surface area contributed by atoms with Crippen LogP contribution in [0, 0.1) is 12.8 Å². The van der Waals surface area contributed by atoms with Crippen LogP contribution >= 0.6 is 0 Å². The zero-order valence-corrected chi connectivity index (χ0v) is 13.6. The number of pyridine rings is 1. The Labute approximate surface area is 134 Å². The molecule has 23 heavy (non-hydrogen) atoms. The number of aryl methyl sites for hydroxylation is 1. The van der Waals surface area contributed by atoms with Gasteiger partial charge in [0.2, 0.25) is 10.0 Å². The second kappa shape index (κ2) is 5.90. The van der Waals surface area contributed by atoms with Gasteiger partial charge in [-0.15, -0.1) is 0 Å². The van der Waals surface area contributed by atoms with E-state index in [0.717, 1.165) is 10.9 Å². The van der Waals surface area contributed by atoms with E-state index in [1.54, 1.807) is 18.3 Å². The third-order valence-corrected chi connectivity index (χ3v) is 6.04. The van der Waals surface area contributed by atoms with Crippen LogP contribution < -0.4 is 0 Å². The smallest absolute Gasteiger partial charge is 0.307 e. The molecule has 2 aromatic rings. The van der Waals surface area contributed by atoms with Gasteiger partial charge < -0.3 is 5.11 Å². The van der Waals surface area contributed by atoms with Crippen LogP contribution in [0.2, 0.25) is 0 Å². The topological polar surface area (TPSA) is 87.6 Å². The van der Waals surface area contributed by atoms with Crippen LogP contribution in [0.4, 0.5) is 0 Å². The molecule has 6 nitrogen and oxygen atoms in total. The Balaban J connectivity index is 2.08. The van der Waals surface area contributed by atoms with Crippen LogP contribution in [0.3, 0.4) is 0 Å². The number of carboxylic acids is 1. The third kappa shape index (κ3) is 2.94. The number of carboxylic acid groups (broad SMARTS) is 1. The van der Waals surface area contributed by atoms with Crippen molar-refractivity contribution in [3.8, 4) is 0 Å². The van der Waals surface area contributed by atoms with Crippen molar-refractivity contribution in [2.75, 3.05) is 13.1 Å². The van der Waals surface area contributed by atoms with E-state index in [-0.39, 0.29) is 11.4 Å². The standard InChI is InChI=1S/C16H18N2O4S/c1-11-8-12-4-2-6-17-15(12)14(9-11)23(21,22)18-7-3-5-13(10-18)16(19)20/h2,4,6,8-9,13H,3,5,7,10H2,1H3,(H,19,20)/t13-/m1/s1. The van der Waals surface area contributed by atoms with Crippen molar-refractivity contribution >= 4 is 26.9 Å². The molecule has 1 fully saturated rings. The summed E-state index contributed by atoms with van der Waals surface area (Å²) in [5, 5.41) is 9.94. The van der Waals surface area contributed by atoms with Crippen molar-refractivity contribution in [1.29, 1.82) is 0 Å². The molecule has 3 rings (SSSR count). The Morgan fingerprint density at radius 3 is 2.91 bits per heavy atom. The molecule has 1 aromatic carbocycles. The van der Waals surface area contributed by atoms with Gasteiger partial charge in [-0.3, -0.25) is 9.78 Å². The van der Waals surface area contributed by atoms with Gasteiger partial charge in [0.1, 0.15) is 4.90 Å². The molecule has 1 aliphatic heterocycles. The Hall–Kier alpha value is -1.99. The molecule has 0 radical (unpaired) electrons. The van der Waals surface area contributed by atoms with Gasteiger partial charge in [-0.1, -0.05) is 6.07 Å². The summed E-state index contributed by atoms with van der Waals surface area (Å²) < 4.78 is 27.3. The maximum Gasteiger partial charge on any atom is 0.307 e. The van der Waals surface area contributed by atoms with Crippen LogP contribution in [0.25, 0.3) is 10.9 Å². The largest absolute Gasteiger partial charge is 0.481 e. The predicted molar refractivity (Wildman–Crippen MR) is 85.6 cm³/mol. The van der Waals surface area contributed by atoms with E-state index >= 15 is 0 Å². The molecule has 0 aliphatic carbocycles. The van der Waals surface area contributed by atoms with E-state index in [1.807, 2.05) is 19.1 Å². The van der Waals surface area contributed by atoms with Crippen LogP contribution in [-0.2, 0) is 14.8 Å². The molecule has 7 heteroatoms. The lowest BCUT2D eigenvalue weighted by molar-refractivity contribution is -0.142. The quantitative estimate of drug-likeness (QED) is 0.928. The maximum atomic E-state index is 13.0. The molecule has 122 valence electrons. The highest BCUT2D eigenvalue weighted by Gasteiger charge is 2.34. The molecule has 1 N–H and O–H groups in total. The van der Waals surface area contributed by atoms with E-state index in [9.17, 15) is 18.3 Å². The van der Waals surface area contributed by atoms with Gasteiger partial charge in [-0.05, 0) is 43.5 Å². The minimum Gasteiger partial charge on any atom is -0.481 e. The van der Waals surface area contributed by atoms with E-state index < -0.39 is 21.9 Å². The molecule has 0 saturated carbocycles. The molecule has 0 unspecified atom stereocenters. The molecule has 0 bridgehead atoms. The van der Waals surface area contributed by atoms with Gasteiger partial charge in [0.15, 0.2) is 0 Å². The molecular weight excluding hydrogens is 316 g/mol. The molecule has 1 aromatic heterocycles. The number of aromatic nitrogens is 1. The number of sulfonamides is 1. The zero-order chi connectivity index (χ0) is 16.6. The first-order valence-corrected chi connectivity index (χ1v) is 8.92. The number of fused-ring (bicyclic) bond motifs is 1. The normalized spacial score (nSPS) is 19.8. The molecular formula is C16H18N2O4S. The number of aliphatic carboxylic acids is 1. The number of piperidine rings is 1. The monoisotopic (exact) mass is 334 g/mol. The van der Waals surface area contributed by atoms with Crippen LogP contribution in [0.15, 0.2) is 35.4 Å². The van der Waals surface area contributed by atoms with Gasteiger partial charge in [-0.2, -0.15) is 4.31 Å². The first-order valence-electron chi connectivity index (χ1n) is 7.48. The van der Waals surface area contributed by atoms with Crippen molar-refractivity contribution in [2.24, 2.45) is 5.92 Å². The minimum absolute atomic E-state index is 0.0138. The van der Waals surface area contributed by atoms with Gasteiger partial charge in [0.05, 0.1) is 11.4 Å². The van der Waals surface area contributed by atoms with E-state index in [0.29, 0.717) is 24.9 Å². The summed E-state index contributed by atoms with van der Waals surface area (Å²) in [6.45, 7) is 2.19. The first kappa shape index (κ1) is 15.9. The fraction of sp³-hybridized carbons (Fsp3) is 0.375. The highest BCUT2D eigenvalue weighted by Crippen LogP contribution is 2.29. The average molecular weight is 334 g/mol. The molecule has 1 saturated heterocycles. The summed E-state index contributed by atoms with van der Waals surface area (Å²) in [6.07, 6.45) is 2.62. The summed E-state index contributed by atoms with van der Waals surface area (Å²) in [5.41, 5.74) is 1.26. The van der Waals surface area contributed by atoms with Gasteiger partial charge in [0, 0.05) is 24.7 Å². The molecule has 1 atom stereocenters. The SMILES string of the molecule is Cc1cc(S(=O)(=O)N2CCC[C@@H](C(=O)O)C2)c2ncccc2c1. The highest BCUT2D eigenvalue weighted by atomic mass is 32.2. The maximum absolute atomic E-state index is 13.0. The summed E-state index contributed by atoms with van der Waals surface area (Å²) in [7, 11) is -3.77. The highest BCUT2D eigenvalue weighted by molar-refractivity contribution is 7.89. The van der Waals surface area contributed by atoms with Crippen molar-refractivity contribution < 1.29 is 18.3 Å². The number of nitrogens with zero attached hydrogens (tertiary/aromatic N) is 2. The predicted octanol–water partition coefficient (Wildman–Crippen LogP) is 2.03. The zero-order valence-electron chi connectivity index (χ0n) is 12.8. The van der Waals surface area contributed by atoms with Crippen molar-refractivity contribution in [1.82, 2.24) is 9.29 Å². The van der Waals surface area contributed by atoms with Crippen molar-refractivity contribution in [3.63, 3.8) is 0 Å². The molecule has 0 spiro atoms. The van der Waals surface area contributed by atoms with Crippen molar-refractivity contribution in [2.45, 2.75) is 24.7 Å². The van der Waals surface area contributed by atoms with Gasteiger partial charge in [-0.25, -0.2) is 8.42 Å². The number of benzene rings is 1. The molecule has 1 aliphatic rings. The van der Waals surface area contributed by atoms with E-state index in [4.69, 9.17) is 0 Å². The lowest BCUT2D eigenvalue weighted by atomic mass is 10.0. The van der Waals surface area contributed by atoms with E-state index in [1.165, 1.54) is 4.31 Å². The Morgan fingerprint density at radius 2 is 2.17 bits per heavy atom. The van der Waals surface area contributed by atoms with Crippen molar-refractivity contribution in [3.05, 3.63) is 36.0 Å². The molecule has 0 amide bonds. The second-order valence-corrected chi connectivity index (χ2v) is 7.78. The lowest BCUT2D eigenvalue weighted by Crippen LogP contribution is -2.42. The molecule has 2 heterocycles. The lowest BCUT2D eigenvalue weighted by Gasteiger charge is -2.30. The van der Waals surface area contributed by atoms with Crippen LogP contribution in [0.5, 0.6) is 0 Å². The fourth-order valence-electron chi connectivity index (χ4n) is 3.00. The van der Waals surface area contributed by atoms with Crippen LogP contribution in [-0.4, -0.2) is 41.9 Å². The van der Waals surface area contributed by atoms with E-state index in [2.05, 4.69) is 4.98 Å². The minimum atomic E-state index is -3.77. The average Bonchev–Trinajstić information content (AvgIpc) is 2.54.